The van der Waals surface area contributed by atoms with Crippen LogP contribution in [0.5, 0.6) is 5.75 Å². The van der Waals surface area contributed by atoms with Gasteiger partial charge in [0.2, 0.25) is 0 Å². The Morgan fingerprint density at radius 2 is 1.61 bits per heavy atom. The molecule has 0 heterocycles. The highest BCUT2D eigenvalue weighted by Crippen LogP contribution is 2.25. The first-order valence-corrected chi connectivity index (χ1v) is 8.01. The van der Waals surface area contributed by atoms with Crippen LogP contribution in [-0.2, 0) is 9.59 Å². The normalized spacial score (nSPS) is 10.1. The monoisotopic (exact) mass is 424 g/mol. The number of carbonyl (C=O) groups excluding carboxylic acids is 2. The molecule has 0 aliphatic rings. The number of benzene rings is 2. The van der Waals surface area contributed by atoms with Crippen LogP contribution < -0.4 is 15.4 Å². The van der Waals surface area contributed by atoms with Crippen molar-refractivity contribution in [3.8, 4) is 5.75 Å². The summed E-state index contributed by atoms with van der Waals surface area (Å²) in [5, 5.41) is 5.19. The van der Waals surface area contributed by atoms with Crippen LogP contribution in [0, 0.1) is 17.4 Å². The molecule has 2 amide bonds. The van der Waals surface area contributed by atoms with E-state index < -0.39 is 11.8 Å². The third-order valence-corrected chi connectivity index (χ3v) is 3.92. The minimum Gasteiger partial charge on any atom is -0.495 e. The van der Waals surface area contributed by atoms with E-state index >= 15 is 0 Å². The molecule has 6 heteroatoms. The van der Waals surface area contributed by atoms with Gasteiger partial charge < -0.3 is 15.4 Å². The molecule has 0 fully saturated rings. The first kappa shape index (κ1) is 17.3. The zero-order valence-corrected chi connectivity index (χ0v) is 15.2. The number of hydrogen-bond donors (Lipinski definition) is 2. The topological polar surface area (TPSA) is 67.4 Å². The Balaban J connectivity index is 2.11. The van der Waals surface area contributed by atoms with Gasteiger partial charge in [0.05, 0.1) is 12.8 Å². The number of amides is 2. The molecule has 0 atom stereocenters. The van der Waals surface area contributed by atoms with Gasteiger partial charge in [-0.15, -0.1) is 0 Å². The summed E-state index contributed by atoms with van der Waals surface area (Å²) < 4.78 is 6.25. The summed E-state index contributed by atoms with van der Waals surface area (Å²) in [7, 11) is 1.51. The quantitative estimate of drug-likeness (QED) is 0.586. The molecule has 0 bridgehead atoms. The van der Waals surface area contributed by atoms with Crippen molar-refractivity contribution in [2.75, 3.05) is 17.7 Å². The molecule has 0 spiro atoms. The van der Waals surface area contributed by atoms with Gasteiger partial charge in [0.15, 0.2) is 0 Å². The SMILES string of the molecule is COc1ccc(C)cc1NC(=O)C(=O)Nc1ccc(I)cc1C. The molecular weight excluding hydrogens is 407 g/mol. The molecule has 2 aromatic carbocycles. The highest BCUT2D eigenvalue weighted by molar-refractivity contribution is 14.1. The van der Waals surface area contributed by atoms with Crippen LogP contribution in [0.2, 0.25) is 0 Å². The lowest BCUT2D eigenvalue weighted by atomic mass is 10.2. The number of methoxy groups -OCH3 is 1. The Hall–Kier alpha value is -2.09. The van der Waals surface area contributed by atoms with E-state index in [1.165, 1.54) is 7.11 Å². The Kier molecular flexibility index (Phi) is 5.59. The largest absolute Gasteiger partial charge is 0.495 e. The zero-order valence-electron chi connectivity index (χ0n) is 13.1. The molecule has 2 N–H and O–H groups in total. The lowest BCUT2D eigenvalue weighted by molar-refractivity contribution is -0.133. The Labute approximate surface area is 148 Å². The molecule has 0 saturated heterocycles. The number of ether oxygens (including phenoxy) is 1. The lowest BCUT2D eigenvalue weighted by Crippen LogP contribution is -2.29. The van der Waals surface area contributed by atoms with Crippen molar-refractivity contribution in [3.05, 3.63) is 51.1 Å². The molecule has 0 unspecified atom stereocenters. The minimum atomic E-state index is -0.744. The second kappa shape index (κ2) is 7.45. The maximum Gasteiger partial charge on any atom is 0.314 e. The van der Waals surface area contributed by atoms with Crippen LogP contribution >= 0.6 is 22.6 Å². The second-order valence-electron chi connectivity index (χ2n) is 5.07. The number of aryl methyl sites for hydroxylation is 2. The van der Waals surface area contributed by atoms with Gasteiger partial charge in [-0.25, -0.2) is 0 Å². The van der Waals surface area contributed by atoms with Crippen LogP contribution in [0.3, 0.4) is 0 Å². The molecule has 0 aliphatic heterocycles. The third-order valence-electron chi connectivity index (χ3n) is 3.25. The van der Waals surface area contributed by atoms with Crippen molar-refractivity contribution in [3.63, 3.8) is 0 Å². The second-order valence-corrected chi connectivity index (χ2v) is 6.32. The highest BCUT2D eigenvalue weighted by Gasteiger charge is 2.17. The van der Waals surface area contributed by atoms with Crippen molar-refractivity contribution in [1.82, 2.24) is 0 Å². The fourth-order valence-corrected chi connectivity index (χ4v) is 2.69. The summed E-state index contributed by atoms with van der Waals surface area (Å²) in [6.07, 6.45) is 0. The number of carbonyl (C=O) groups is 2. The van der Waals surface area contributed by atoms with Gasteiger partial charge in [0, 0.05) is 9.26 Å². The number of hydrogen-bond acceptors (Lipinski definition) is 3. The molecule has 23 heavy (non-hydrogen) atoms. The summed E-state index contributed by atoms with van der Waals surface area (Å²) >= 11 is 2.19. The van der Waals surface area contributed by atoms with E-state index in [-0.39, 0.29) is 0 Å². The van der Waals surface area contributed by atoms with Crippen LogP contribution in [0.4, 0.5) is 11.4 Å². The Bertz CT molecular complexity index is 759. The van der Waals surface area contributed by atoms with Crippen LogP contribution in [0.25, 0.3) is 0 Å². The maximum atomic E-state index is 12.1. The van der Waals surface area contributed by atoms with Crippen molar-refractivity contribution in [1.29, 1.82) is 0 Å². The Morgan fingerprint density at radius 3 is 2.22 bits per heavy atom. The predicted octanol–water partition coefficient (Wildman–Crippen LogP) is 3.49. The molecule has 0 saturated carbocycles. The summed E-state index contributed by atoms with van der Waals surface area (Å²) in [4.78, 5) is 24.2. The van der Waals surface area contributed by atoms with E-state index in [4.69, 9.17) is 4.74 Å². The lowest BCUT2D eigenvalue weighted by Gasteiger charge is -2.12. The fourth-order valence-electron chi connectivity index (χ4n) is 2.04. The summed E-state index contributed by atoms with van der Waals surface area (Å²) in [6, 6.07) is 10.9. The van der Waals surface area contributed by atoms with E-state index in [0.717, 1.165) is 14.7 Å². The first-order valence-electron chi connectivity index (χ1n) is 6.94. The standard InChI is InChI=1S/C17H17IN2O3/c1-10-4-7-15(23-3)14(8-10)20-17(22)16(21)19-13-6-5-12(18)9-11(13)2/h4-9H,1-3H3,(H,19,21)(H,20,22). The van der Waals surface area contributed by atoms with Gasteiger partial charge in [-0.05, 0) is 77.9 Å². The van der Waals surface area contributed by atoms with Gasteiger partial charge in [-0.3, -0.25) is 9.59 Å². The average Bonchev–Trinajstić information content (AvgIpc) is 2.50. The van der Waals surface area contributed by atoms with Gasteiger partial charge >= 0.3 is 11.8 Å². The molecule has 120 valence electrons. The molecule has 0 aromatic heterocycles. The van der Waals surface area contributed by atoms with Crippen LogP contribution in [0.1, 0.15) is 11.1 Å². The average molecular weight is 424 g/mol. The van der Waals surface area contributed by atoms with E-state index in [1.807, 2.05) is 32.0 Å². The van der Waals surface area contributed by atoms with Crippen LogP contribution in [-0.4, -0.2) is 18.9 Å². The molecule has 0 aliphatic carbocycles. The fraction of sp³-hybridized carbons (Fsp3) is 0.176. The molecular formula is C17H17IN2O3. The van der Waals surface area contributed by atoms with Gasteiger partial charge in [0.1, 0.15) is 5.75 Å². The summed E-state index contributed by atoms with van der Waals surface area (Å²) in [5.41, 5.74) is 2.93. The molecule has 5 nitrogen and oxygen atoms in total. The minimum absolute atomic E-state index is 0.465. The summed E-state index contributed by atoms with van der Waals surface area (Å²) in [5.74, 6) is -0.966. The molecule has 2 aromatic rings. The van der Waals surface area contributed by atoms with Crippen molar-refractivity contribution >= 4 is 45.8 Å². The van der Waals surface area contributed by atoms with Crippen molar-refractivity contribution < 1.29 is 14.3 Å². The first-order chi connectivity index (χ1) is 10.9. The van der Waals surface area contributed by atoms with Gasteiger partial charge in [0.25, 0.3) is 0 Å². The molecule has 2 rings (SSSR count). The third kappa shape index (κ3) is 4.44. The number of nitrogens with one attached hydrogen (secondary N) is 2. The van der Waals surface area contributed by atoms with E-state index in [1.54, 1.807) is 18.2 Å². The van der Waals surface area contributed by atoms with Crippen LogP contribution in [0.15, 0.2) is 36.4 Å². The smallest absolute Gasteiger partial charge is 0.314 e. The molecule has 0 radical (unpaired) electrons. The van der Waals surface area contributed by atoms with Gasteiger partial charge in [-0.2, -0.15) is 0 Å². The zero-order chi connectivity index (χ0) is 17.0. The Morgan fingerprint density at radius 1 is 0.957 bits per heavy atom. The van der Waals surface area contributed by atoms with E-state index in [9.17, 15) is 9.59 Å². The highest BCUT2D eigenvalue weighted by atomic mass is 127. The van der Waals surface area contributed by atoms with E-state index in [2.05, 4.69) is 33.2 Å². The number of halogens is 1. The number of anilines is 2. The van der Waals surface area contributed by atoms with E-state index in [0.29, 0.717) is 17.1 Å². The van der Waals surface area contributed by atoms with Crippen molar-refractivity contribution in [2.24, 2.45) is 0 Å². The maximum absolute atomic E-state index is 12.1. The van der Waals surface area contributed by atoms with Crippen molar-refractivity contribution in [2.45, 2.75) is 13.8 Å². The number of rotatable bonds is 3. The van der Waals surface area contributed by atoms with Gasteiger partial charge in [-0.1, -0.05) is 6.07 Å². The predicted molar refractivity (Wildman–Crippen MR) is 98.9 cm³/mol. The summed E-state index contributed by atoms with van der Waals surface area (Å²) in [6.45, 7) is 3.77.